The number of oxime groups is 1. The first-order chi connectivity index (χ1) is 20.0. The number of carboxylic acids is 1. The van der Waals surface area contributed by atoms with Crippen molar-refractivity contribution < 1.29 is 29.1 Å². The number of carboxylic acid groups (broad SMARTS) is 1. The van der Waals surface area contributed by atoms with Gasteiger partial charge in [-0.1, -0.05) is 23.8 Å². The van der Waals surface area contributed by atoms with Gasteiger partial charge in [0.1, 0.15) is 23.4 Å². The molecule has 0 bridgehead atoms. The number of nitrogen functional groups attached to an aromatic ring is 1. The number of nitrogens with zero attached hydrogens (tertiary/aromatic N) is 5. The van der Waals surface area contributed by atoms with E-state index < -0.39 is 40.0 Å². The lowest BCUT2D eigenvalue weighted by Crippen LogP contribution is -2.81. The highest BCUT2D eigenvalue weighted by Crippen LogP contribution is 2.47. The van der Waals surface area contributed by atoms with Gasteiger partial charge in [-0.2, -0.15) is 0 Å². The highest BCUT2D eigenvalue weighted by atomic mass is 32.2. The molecule has 2 aliphatic heterocycles. The van der Waals surface area contributed by atoms with Crippen LogP contribution in [-0.2, 0) is 24.0 Å². The van der Waals surface area contributed by atoms with Crippen LogP contribution in [0.5, 0.6) is 0 Å². The molecule has 2 amide bonds. The molecule has 226 valence electrons. The Morgan fingerprint density at radius 1 is 1.38 bits per heavy atom. The molecule has 2 aromatic heterocycles. The summed E-state index contributed by atoms with van der Waals surface area (Å²) in [6, 6.07) is -0.378. The molecule has 16 nitrogen and oxygen atoms in total. The van der Waals surface area contributed by atoms with E-state index in [0.717, 1.165) is 28.0 Å². The van der Waals surface area contributed by atoms with Crippen LogP contribution in [0.1, 0.15) is 38.9 Å². The maximum absolute atomic E-state index is 13.5. The van der Waals surface area contributed by atoms with Crippen molar-refractivity contribution in [2.45, 2.75) is 49.5 Å². The highest BCUT2D eigenvalue weighted by Gasteiger charge is 2.66. The van der Waals surface area contributed by atoms with Crippen molar-refractivity contribution in [3.63, 3.8) is 0 Å². The number of aromatic amines is 1. The average Bonchev–Trinajstić information content (AvgIpc) is 3.38. The van der Waals surface area contributed by atoms with Gasteiger partial charge in [0.2, 0.25) is 0 Å². The van der Waals surface area contributed by atoms with E-state index in [0.29, 0.717) is 12.0 Å². The minimum atomic E-state index is -1.90. The van der Waals surface area contributed by atoms with Crippen LogP contribution in [0.3, 0.4) is 0 Å². The summed E-state index contributed by atoms with van der Waals surface area (Å²) >= 11 is 3.32. The summed E-state index contributed by atoms with van der Waals surface area (Å²) < 4.78 is 6.73. The number of methoxy groups -OCH3 is 1. The molecule has 2 aliphatic rings. The number of hydrogen-bond acceptors (Lipinski definition) is 14. The smallest absolute Gasteiger partial charge is 0.352 e. The lowest BCUT2D eigenvalue weighted by Gasteiger charge is -2.55. The van der Waals surface area contributed by atoms with Crippen LogP contribution in [0.15, 0.2) is 36.6 Å². The molecule has 0 spiro atoms. The Kier molecular flexibility index (Phi) is 9.43. The number of rotatable bonds is 12. The third-order valence-electron chi connectivity index (χ3n) is 6.13. The van der Waals surface area contributed by atoms with Crippen LogP contribution in [0.2, 0.25) is 0 Å². The summed E-state index contributed by atoms with van der Waals surface area (Å²) in [7, 11) is 1.23. The number of carbonyl (C=O) groups is 3. The third kappa shape index (κ3) is 5.68. The number of aliphatic carboxylic acids is 1. The Balaban J connectivity index is 1.60. The number of anilines is 1. The fraction of sp³-hybridized carbons (Fsp3) is 0.478. The van der Waals surface area contributed by atoms with Crippen LogP contribution < -0.4 is 22.2 Å². The highest BCUT2D eigenvalue weighted by molar-refractivity contribution is 8.01. The van der Waals surface area contributed by atoms with E-state index in [4.69, 9.17) is 15.3 Å². The Hall–Kier alpha value is -3.68. The second kappa shape index (κ2) is 12.7. The van der Waals surface area contributed by atoms with Crippen LogP contribution in [-0.4, -0.2) is 89.6 Å². The number of thioether (sulfide) groups is 2. The maximum Gasteiger partial charge on any atom is 0.352 e. The van der Waals surface area contributed by atoms with Crippen molar-refractivity contribution in [2.24, 2.45) is 5.16 Å². The fourth-order valence-corrected chi connectivity index (χ4v) is 7.39. The quantitative estimate of drug-likeness (QED) is 0.0463. The summed E-state index contributed by atoms with van der Waals surface area (Å²) in [5, 5.41) is 23.6. The molecule has 0 aromatic carbocycles. The second-order valence-corrected chi connectivity index (χ2v) is 12.1. The van der Waals surface area contributed by atoms with E-state index in [1.54, 1.807) is 13.8 Å². The summed E-state index contributed by atoms with van der Waals surface area (Å²) in [4.78, 5) is 73.7. The Bertz CT molecular complexity index is 1580. The van der Waals surface area contributed by atoms with Gasteiger partial charge < -0.3 is 25.7 Å². The number of ether oxygens (including phenoxy) is 1. The van der Waals surface area contributed by atoms with Gasteiger partial charge in [-0.3, -0.25) is 28.6 Å². The molecule has 2 atom stereocenters. The fourth-order valence-electron chi connectivity index (χ4n) is 4.19. The molecular weight excluding hydrogens is 613 g/mol. The van der Waals surface area contributed by atoms with Crippen molar-refractivity contribution in [2.75, 3.05) is 31.0 Å². The molecule has 2 aromatic rings. The molecule has 0 saturated carbocycles. The second-order valence-electron chi connectivity index (χ2n) is 9.23. The van der Waals surface area contributed by atoms with Gasteiger partial charge in [-0.05, 0) is 25.8 Å². The van der Waals surface area contributed by atoms with Gasteiger partial charge >= 0.3 is 17.1 Å². The standard InChI is InChI=1S/C23H28N8O8S3/c1-5-6-39-29-13(12-9-41-21(24)25-12)15(32)26-23(38-4)19(37)31-14(18(35)36)11(7-40-20(23)31)8-42-22-28-27-16(33)17(34)30(22)10(2)3/h9-10,20H,5-8H2,1-4H3,(H2,24,25)(H,26,32)(H,27,33)(H,35,36)/b29-13+. The summed E-state index contributed by atoms with van der Waals surface area (Å²) in [5.41, 5.74) is 2.19. The molecule has 0 aliphatic carbocycles. The Morgan fingerprint density at radius 2 is 2.12 bits per heavy atom. The van der Waals surface area contributed by atoms with E-state index in [-0.39, 0.29) is 51.5 Å². The first-order valence-electron chi connectivity index (χ1n) is 12.5. The predicted octanol–water partition coefficient (Wildman–Crippen LogP) is 0.187. The summed E-state index contributed by atoms with van der Waals surface area (Å²) in [6.45, 7) is 5.51. The maximum atomic E-state index is 13.5. The number of fused-ring (bicyclic) bond motifs is 1. The van der Waals surface area contributed by atoms with Crippen LogP contribution in [0, 0.1) is 0 Å². The molecular formula is C23H28N8O8S3. The van der Waals surface area contributed by atoms with E-state index in [2.05, 4.69) is 25.7 Å². The zero-order valence-electron chi connectivity index (χ0n) is 22.9. The molecule has 1 saturated heterocycles. The largest absolute Gasteiger partial charge is 0.477 e. The van der Waals surface area contributed by atoms with Gasteiger partial charge in [0.25, 0.3) is 17.5 Å². The van der Waals surface area contributed by atoms with E-state index in [9.17, 15) is 29.1 Å². The zero-order chi connectivity index (χ0) is 30.8. The van der Waals surface area contributed by atoms with Crippen LogP contribution in [0.25, 0.3) is 0 Å². The van der Waals surface area contributed by atoms with Crippen LogP contribution >= 0.6 is 34.9 Å². The normalized spacial score (nSPS) is 20.4. The molecule has 1 fully saturated rings. The molecule has 2 unspecified atom stereocenters. The minimum Gasteiger partial charge on any atom is -0.477 e. The molecule has 4 heterocycles. The molecule has 42 heavy (non-hydrogen) atoms. The number of amides is 2. The molecule has 0 radical (unpaired) electrons. The van der Waals surface area contributed by atoms with Crippen molar-refractivity contribution in [1.82, 2.24) is 30.0 Å². The first kappa shape index (κ1) is 31.3. The van der Waals surface area contributed by atoms with Crippen molar-refractivity contribution >= 4 is 63.5 Å². The lowest BCUT2D eigenvalue weighted by molar-refractivity contribution is -0.191. The van der Waals surface area contributed by atoms with Crippen molar-refractivity contribution in [3.05, 3.63) is 43.1 Å². The van der Waals surface area contributed by atoms with Gasteiger partial charge in [-0.15, -0.1) is 28.2 Å². The van der Waals surface area contributed by atoms with Crippen molar-refractivity contribution in [1.29, 1.82) is 0 Å². The van der Waals surface area contributed by atoms with Gasteiger partial charge in [0.05, 0.1) is 0 Å². The van der Waals surface area contributed by atoms with E-state index >= 15 is 0 Å². The molecule has 19 heteroatoms. The third-order valence-corrected chi connectivity index (χ3v) is 9.22. The van der Waals surface area contributed by atoms with Gasteiger partial charge in [-0.25, -0.2) is 14.9 Å². The number of β-lactam (4-membered cyclic amide) rings is 1. The minimum absolute atomic E-state index is 0.0551. The summed E-state index contributed by atoms with van der Waals surface area (Å²) in [6.07, 6.45) is 0.629. The number of hydrogen-bond donors (Lipinski definition) is 4. The number of H-pyrrole nitrogens is 1. The van der Waals surface area contributed by atoms with E-state index in [1.807, 2.05) is 6.92 Å². The van der Waals surface area contributed by atoms with Crippen molar-refractivity contribution in [3.8, 4) is 0 Å². The number of aromatic nitrogens is 4. The Morgan fingerprint density at radius 3 is 2.71 bits per heavy atom. The number of thiazole rings is 1. The lowest BCUT2D eigenvalue weighted by atomic mass is 9.98. The summed E-state index contributed by atoms with van der Waals surface area (Å²) in [5.74, 6) is -2.78. The number of carbonyl (C=O) groups excluding carboxylic acids is 2. The molecule has 4 rings (SSSR count). The SMILES string of the molecule is CCCO/N=C(/C(=O)NC1(OC)C(=O)N2C(C(=O)O)=C(CSc3n[nH]c(=O)c(=O)n3C(C)C)CSC21)c1csc(N)n1. The zero-order valence-corrected chi connectivity index (χ0v) is 25.4. The predicted molar refractivity (Wildman–Crippen MR) is 155 cm³/mol. The average molecular weight is 641 g/mol. The van der Waals surface area contributed by atoms with Crippen LogP contribution in [0.4, 0.5) is 5.13 Å². The van der Waals surface area contributed by atoms with E-state index in [1.165, 1.54) is 28.8 Å². The topological polar surface area (TPSA) is 224 Å². The number of nitrogens with one attached hydrogen (secondary N) is 2. The van der Waals surface area contributed by atoms with Gasteiger partial charge in [0.15, 0.2) is 16.0 Å². The number of nitrogens with two attached hydrogens (primary N) is 1. The monoisotopic (exact) mass is 640 g/mol. The molecule has 5 N–H and O–H groups in total. The first-order valence-corrected chi connectivity index (χ1v) is 15.4. The Labute approximate surface area is 250 Å². The van der Waals surface area contributed by atoms with Gasteiger partial charge in [0, 0.05) is 30.0 Å².